The molecule has 0 radical (unpaired) electrons. The number of nitrogens with zero attached hydrogens (tertiary/aromatic N) is 2. The van der Waals surface area contributed by atoms with E-state index in [-0.39, 0.29) is 50.1 Å². The Morgan fingerprint density at radius 2 is 1.56 bits per heavy atom. The highest BCUT2D eigenvalue weighted by atomic mass is 35.5. The van der Waals surface area contributed by atoms with Crippen molar-refractivity contribution in [1.82, 2.24) is 10.2 Å². The van der Waals surface area contributed by atoms with Crippen LogP contribution in [0.2, 0.25) is 10.0 Å². The van der Waals surface area contributed by atoms with Gasteiger partial charge in [0.25, 0.3) is 0 Å². The summed E-state index contributed by atoms with van der Waals surface area (Å²) in [6.07, 6.45) is 1.56. The molecular weight excluding hydrogens is 609 g/mol. The zero-order valence-electron chi connectivity index (χ0n) is 24.9. The number of ether oxygens (including phenoxy) is 1. The van der Waals surface area contributed by atoms with Crippen LogP contribution in [-0.4, -0.2) is 57.6 Å². The van der Waals surface area contributed by atoms with Crippen molar-refractivity contribution in [1.29, 1.82) is 0 Å². The van der Waals surface area contributed by atoms with Gasteiger partial charge in [0.15, 0.2) is 0 Å². The molecule has 3 aromatic carbocycles. The predicted molar refractivity (Wildman–Crippen MR) is 173 cm³/mol. The third kappa shape index (κ3) is 9.88. The Kier molecular flexibility index (Phi) is 12.7. The number of halogens is 2. The smallest absolute Gasteiger partial charge is 0.243 e. The fraction of sp³-hybridized carbons (Fsp3) is 0.375. The first-order valence-electron chi connectivity index (χ1n) is 14.1. The molecule has 1 atom stereocenters. The molecule has 0 aliphatic heterocycles. The standard InChI is InChI=1S/C32H39Cl2N3O5S/c1-23(2)21-35-32(39)29(20-24-12-6-5-7-13-24)36(22-25-26(33)14-10-15-27(25)34)31(38)18-11-19-37(43(4,40)41)28-16-8-9-17-30(28)42-3/h5-10,12-17,23,29H,11,18-22H2,1-4H3,(H,35,39)/t29-/m0/s1. The fourth-order valence-electron chi connectivity index (χ4n) is 4.65. The van der Waals surface area contributed by atoms with Gasteiger partial charge in [-0.3, -0.25) is 13.9 Å². The topological polar surface area (TPSA) is 96.0 Å². The lowest BCUT2D eigenvalue weighted by Gasteiger charge is -2.32. The fourth-order valence-corrected chi connectivity index (χ4v) is 6.13. The van der Waals surface area contributed by atoms with Crippen molar-refractivity contribution < 1.29 is 22.7 Å². The van der Waals surface area contributed by atoms with Crippen LogP contribution in [0.15, 0.2) is 72.8 Å². The van der Waals surface area contributed by atoms with E-state index >= 15 is 0 Å². The van der Waals surface area contributed by atoms with Crippen molar-refractivity contribution in [2.75, 3.05) is 30.8 Å². The monoisotopic (exact) mass is 647 g/mol. The van der Waals surface area contributed by atoms with Gasteiger partial charge in [-0.15, -0.1) is 0 Å². The molecule has 0 bridgehead atoms. The summed E-state index contributed by atoms with van der Waals surface area (Å²) in [5.41, 5.74) is 1.80. The number of carbonyl (C=O) groups is 2. The summed E-state index contributed by atoms with van der Waals surface area (Å²) in [4.78, 5) is 29.2. The van der Waals surface area contributed by atoms with Gasteiger partial charge in [-0.05, 0) is 42.2 Å². The van der Waals surface area contributed by atoms with Gasteiger partial charge in [0.1, 0.15) is 11.8 Å². The first kappa shape index (κ1) is 34.2. The van der Waals surface area contributed by atoms with E-state index in [1.165, 1.54) is 16.3 Å². The zero-order chi connectivity index (χ0) is 31.6. The van der Waals surface area contributed by atoms with E-state index < -0.39 is 16.1 Å². The van der Waals surface area contributed by atoms with Gasteiger partial charge < -0.3 is 15.0 Å². The molecule has 2 amide bonds. The maximum Gasteiger partial charge on any atom is 0.243 e. The maximum absolute atomic E-state index is 14.0. The summed E-state index contributed by atoms with van der Waals surface area (Å²) in [5, 5.41) is 3.74. The quantitative estimate of drug-likeness (QED) is 0.220. The van der Waals surface area contributed by atoms with Crippen molar-refractivity contribution >= 4 is 50.7 Å². The molecule has 3 rings (SSSR count). The number of methoxy groups -OCH3 is 1. The normalized spacial score (nSPS) is 12.1. The molecule has 1 N–H and O–H groups in total. The molecule has 0 heterocycles. The number of para-hydroxylation sites is 2. The molecule has 0 aliphatic rings. The SMILES string of the molecule is COc1ccccc1N(CCCC(=O)N(Cc1c(Cl)cccc1Cl)[C@@H](Cc1ccccc1)C(=O)NCC(C)C)S(C)(=O)=O. The number of hydrogen-bond donors (Lipinski definition) is 1. The van der Waals surface area contributed by atoms with E-state index in [0.29, 0.717) is 33.6 Å². The Morgan fingerprint density at radius 1 is 0.930 bits per heavy atom. The highest BCUT2D eigenvalue weighted by Crippen LogP contribution is 2.30. The molecule has 0 aromatic heterocycles. The highest BCUT2D eigenvalue weighted by molar-refractivity contribution is 7.92. The van der Waals surface area contributed by atoms with Crippen LogP contribution in [0.1, 0.15) is 37.8 Å². The highest BCUT2D eigenvalue weighted by Gasteiger charge is 2.31. The van der Waals surface area contributed by atoms with Crippen molar-refractivity contribution in [3.8, 4) is 5.75 Å². The molecule has 0 spiro atoms. The summed E-state index contributed by atoms with van der Waals surface area (Å²) < 4.78 is 32.1. The van der Waals surface area contributed by atoms with Crippen molar-refractivity contribution in [3.05, 3.63) is 94.0 Å². The number of rotatable bonds is 15. The van der Waals surface area contributed by atoms with E-state index in [9.17, 15) is 18.0 Å². The van der Waals surface area contributed by atoms with Gasteiger partial charge in [-0.1, -0.05) is 85.6 Å². The predicted octanol–water partition coefficient (Wildman–Crippen LogP) is 5.96. The van der Waals surface area contributed by atoms with Crippen LogP contribution >= 0.6 is 23.2 Å². The molecule has 43 heavy (non-hydrogen) atoms. The van der Waals surface area contributed by atoms with Crippen LogP contribution in [0.25, 0.3) is 0 Å². The van der Waals surface area contributed by atoms with Crippen LogP contribution in [0, 0.1) is 5.92 Å². The Balaban J connectivity index is 1.94. The van der Waals surface area contributed by atoms with Crippen LogP contribution in [0.5, 0.6) is 5.75 Å². The Hall–Kier alpha value is -3.27. The van der Waals surface area contributed by atoms with Gasteiger partial charge in [-0.2, -0.15) is 0 Å². The van der Waals surface area contributed by atoms with Crippen molar-refractivity contribution in [2.45, 2.75) is 45.7 Å². The van der Waals surface area contributed by atoms with Crippen LogP contribution in [0.4, 0.5) is 5.69 Å². The number of carbonyl (C=O) groups excluding carboxylic acids is 2. The van der Waals surface area contributed by atoms with E-state index in [2.05, 4.69) is 5.32 Å². The summed E-state index contributed by atoms with van der Waals surface area (Å²) >= 11 is 13.0. The third-order valence-electron chi connectivity index (χ3n) is 6.85. The lowest BCUT2D eigenvalue weighted by Crippen LogP contribution is -2.51. The number of nitrogens with one attached hydrogen (secondary N) is 1. The molecule has 0 saturated carbocycles. The minimum atomic E-state index is -3.69. The number of amides is 2. The summed E-state index contributed by atoms with van der Waals surface area (Å²) in [6.45, 7) is 4.48. The van der Waals surface area contributed by atoms with Crippen LogP contribution in [0.3, 0.4) is 0 Å². The molecule has 8 nitrogen and oxygen atoms in total. The number of sulfonamides is 1. The van der Waals surface area contributed by atoms with Gasteiger partial charge in [0.05, 0.1) is 19.1 Å². The van der Waals surface area contributed by atoms with E-state index in [4.69, 9.17) is 27.9 Å². The minimum absolute atomic E-state index is 0.00619. The van der Waals surface area contributed by atoms with Gasteiger partial charge >= 0.3 is 0 Å². The third-order valence-corrected chi connectivity index (χ3v) is 8.74. The lowest BCUT2D eigenvalue weighted by molar-refractivity contribution is -0.141. The second-order valence-corrected chi connectivity index (χ2v) is 13.4. The number of anilines is 1. The molecular formula is C32H39Cl2N3O5S. The molecule has 0 aliphatic carbocycles. The molecule has 232 valence electrons. The van der Waals surface area contributed by atoms with Crippen molar-refractivity contribution in [3.63, 3.8) is 0 Å². The largest absolute Gasteiger partial charge is 0.495 e. The Bertz CT molecular complexity index is 1470. The molecule has 0 saturated heterocycles. The first-order valence-corrected chi connectivity index (χ1v) is 16.7. The van der Waals surface area contributed by atoms with Crippen molar-refractivity contribution in [2.24, 2.45) is 5.92 Å². The molecule has 11 heteroatoms. The summed E-state index contributed by atoms with van der Waals surface area (Å²) in [6, 6.07) is 20.5. The Morgan fingerprint density at radius 3 is 2.16 bits per heavy atom. The van der Waals surface area contributed by atoms with Gasteiger partial charge in [0, 0.05) is 48.1 Å². The second kappa shape index (κ2) is 16.0. The van der Waals surface area contributed by atoms with Gasteiger partial charge in [-0.25, -0.2) is 8.42 Å². The second-order valence-electron chi connectivity index (χ2n) is 10.7. The van der Waals surface area contributed by atoms with Crippen LogP contribution < -0.4 is 14.4 Å². The molecule has 0 unspecified atom stereocenters. The lowest BCUT2D eigenvalue weighted by atomic mass is 10.0. The summed E-state index contributed by atoms with van der Waals surface area (Å²) in [7, 11) is -2.22. The van der Waals surface area contributed by atoms with E-state index in [1.54, 1.807) is 42.5 Å². The zero-order valence-corrected chi connectivity index (χ0v) is 27.3. The molecule has 3 aromatic rings. The van der Waals surface area contributed by atoms with Gasteiger partial charge in [0.2, 0.25) is 21.8 Å². The molecule has 0 fully saturated rings. The number of hydrogen-bond acceptors (Lipinski definition) is 5. The minimum Gasteiger partial charge on any atom is -0.495 e. The van der Waals surface area contributed by atoms with E-state index in [1.807, 2.05) is 44.2 Å². The summed E-state index contributed by atoms with van der Waals surface area (Å²) in [5.74, 6) is -0.00890. The number of benzene rings is 3. The maximum atomic E-state index is 14.0. The van der Waals surface area contributed by atoms with Crippen LogP contribution in [-0.2, 0) is 32.6 Å². The Labute approximate surface area is 265 Å². The van der Waals surface area contributed by atoms with E-state index in [0.717, 1.165) is 11.8 Å². The first-order chi connectivity index (χ1) is 20.4. The average molecular weight is 649 g/mol. The average Bonchev–Trinajstić information content (AvgIpc) is 2.97.